The van der Waals surface area contributed by atoms with Gasteiger partial charge in [-0.05, 0) is 62.1 Å². The molecule has 0 unspecified atom stereocenters. The van der Waals surface area contributed by atoms with Gasteiger partial charge in [-0.15, -0.1) is 0 Å². The van der Waals surface area contributed by atoms with E-state index in [2.05, 4.69) is 5.32 Å². The van der Waals surface area contributed by atoms with Gasteiger partial charge in [0.25, 0.3) is 0 Å². The first-order chi connectivity index (χ1) is 17.5. The highest BCUT2D eigenvalue weighted by atomic mass is 35.5. The number of halogens is 1. The molecule has 2 aromatic carbocycles. The molecule has 202 valence electrons. The van der Waals surface area contributed by atoms with Crippen LogP contribution in [-0.4, -0.2) is 57.1 Å². The predicted molar refractivity (Wildman–Crippen MR) is 146 cm³/mol. The lowest BCUT2D eigenvalue weighted by atomic mass is 9.95. The van der Waals surface area contributed by atoms with Crippen molar-refractivity contribution < 1.29 is 22.7 Å². The summed E-state index contributed by atoms with van der Waals surface area (Å²) in [7, 11) is -2.28. The average Bonchev–Trinajstić information content (AvgIpc) is 2.87. The zero-order valence-corrected chi connectivity index (χ0v) is 23.4. The monoisotopic (exact) mass is 549 g/mol. The first-order valence-electron chi connectivity index (χ1n) is 12.5. The van der Waals surface area contributed by atoms with Gasteiger partial charge in [-0.1, -0.05) is 49.1 Å². The number of hydrogen-bond acceptors (Lipinski definition) is 5. The second-order valence-electron chi connectivity index (χ2n) is 9.55. The average molecular weight is 550 g/mol. The number of nitrogens with one attached hydrogen (secondary N) is 1. The summed E-state index contributed by atoms with van der Waals surface area (Å²) >= 11 is 6.25. The molecule has 0 spiro atoms. The molecule has 1 N–H and O–H groups in total. The normalized spacial score (nSPS) is 15.1. The van der Waals surface area contributed by atoms with E-state index in [-0.39, 0.29) is 18.5 Å². The summed E-state index contributed by atoms with van der Waals surface area (Å²) in [6.07, 6.45) is 6.16. The Bertz CT molecular complexity index is 1210. The number of nitrogens with zero attached hydrogens (tertiary/aromatic N) is 2. The van der Waals surface area contributed by atoms with E-state index >= 15 is 0 Å². The molecular formula is C27H36ClN3O5S. The van der Waals surface area contributed by atoms with Gasteiger partial charge in [0.05, 0.1) is 19.1 Å². The Labute approximate surface area is 225 Å². The van der Waals surface area contributed by atoms with Crippen LogP contribution in [-0.2, 0) is 26.2 Å². The lowest BCUT2D eigenvalue weighted by molar-refractivity contribution is -0.139. The molecule has 1 saturated carbocycles. The Morgan fingerprint density at radius 2 is 1.81 bits per heavy atom. The minimum Gasteiger partial charge on any atom is -0.497 e. The van der Waals surface area contributed by atoms with Crippen LogP contribution in [0.5, 0.6) is 5.75 Å². The van der Waals surface area contributed by atoms with Gasteiger partial charge in [0.1, 0.15) is 18.3 Å². The number of ether oxygens (including phenoxy) is 1. The molecular weight excluding hydrogens is 514 g/mol. The molecule has 2 aromatic rings. The van der Waals surface area contributed by atoms with Gasteiger partial charge >= 0.3 is 0 Å². The molecule has 1 aliphatic rings. The van der Waals surface area contributed by atoms with Crippen LogP contribution in [0.1, 0.15) is 50.2 Å². The molecule has 0 aromatic heterocycles. The smallest absolute Gasteiger partial charge is 0.244 e. The summed E-state index contributed by atoms with van der Waals surface area (Å²) in [5.41, 5.74) is 1.63. The number of carbonyl (C=O) groups is 2. The first kappa shape index (κ1) is 28.8. The fourth-order valence-electron chi connectivity index (χ4n) is 4.58. The van der Waals surface area contributed by atoms with Crippen LogP contribution >= 0.6 is 11.6 Å². The number of anilines is 1. The van der Waals surface area contributed by atoms with Crippen molar-refractivity contribution in [2.45, 2.75) is 64.6 Å². The number of rotatable bonds is 10. The van der Waals surface area contributed by atoms with Gasteiger partial charge in [0.2, 0.25) is 21.8 Å². The second-order valence-corrected chi connectivity index (χ2v) is 11.9. The van der Waals surface area contributed by atoms with Crippen molar-refractivity contribution in [2.75, 3.05) is 24.2 Å². The number of benzene rings is 2. The van der Waals surface area contributed by atoms with Crippen LogP contribution in [0.15, 0.2) is 42.5 Å². The van der Waals surface area contributed by atoms with E-state index in [1.807, 2.05) is 12.1 Å². The molecule has 1 fully saturated rings. The van der Waals surface area contributed by atoms with Crippen molar-refractivity contribution in [3.8, 4) is 5.75 Å². The van der Waals surface area contributed by atoms with Crippen LogP contribution in [0, 0.1) is 6.92 Å². The van der Waals surface area contributed by atoms with Crippen molar-refractivity contribution in [1.29, 1.82) is 0 Å². The van der Waals surface area contributed by atoms with Gasteiger partial charge in [-0.2, -0.15) is 0 Å². The molecule has 3 rings (SSSR count). The fraction of sp³-hybridized carbons (Fsp3) is 0.481. The van der Waals surface area contributed by atoms with Gasteiger partial charge in [-0.25, -0.2) is 8.42 Å². The summed E-state index contributed by atoms with van der Waals surface area (Å²) in [4.78, 5) is 28.4. The van der Waals surface area contributed by atoms with E-state index in [1.165, 1.54) is 4.90 Å². The zero-order chi connectivity index (χ0) is 27.2. The summed E-state index contributed by atoms with van der Waals surface area (Å²) in [6.45, 7) is 3.02. The molecule has 0 saturated heterocycles. The van der Waals surface area contributed by atoms with Crippen LogP contribution in [0.2, 0.25) is 5.02 Å². The van der Waals surface area contributed by atoms with Crippen molar-refractivity contribution in [2.24, 2.45) is 0 Å². The first-order valence-corrected chi connectivity index (χ1v) is 14.7. The molecule has 0 heterocycles. The summed E-state index contributed by atoms with van der Waals surface area (Å²) in [6, 6.07) is 11.4. The third-order valence-corrected chi connectivity index (χ3v) is 8.33. The van der Waals surface area contributed by atoms with E-state index in [4.69, 9.17) is 16.3 Å². The fourth-order valence-corrected chi connectivity index (χ4v) is 5.65. The molecule has 0 aliphatic heterocycles. The maximum absolute atomic E-state index is 13.7. The van der Waals surface area contributed by atoms with Gasteiger partial charge in [0, 0.05) is 17.6 Å². The molecule has 37 heavy (non-hydrogen) atoms. The van der Waals surface area contributed by atoms with Crippen molar-refractivity contribution >= 4 is 39.1 Å². The Hall–Kier alpha value is -2.78. The predicted octanol–water partition coefficient (Wildman–Crippen LogP) is 4.29. The van der Waals surface area contributed by atoms with Gasteiger partial charge in [0.15, 0.2) is 0 Å². The highest BCUT2D eigenvalue weighted by molar-refractivity contribution is 7.92. The van der Waals surface area contributed by atoms with Crippen molar-refractivity contribution in [3.05, 3.63) is 58.6 Å². The Kier molecular flexibility index (Phi) is 9.84. The van der Waals surface area contributed by atoms with Gasteiger partial charge in [-0.3, -0.25) is 13.9 Å². The Morgan fingerprint density at radius 1 is 1.14 bits per heavy atom. The SMILES string of the molecule is COc1cccc(CN(C(=O)CN(c2cccc(Cl)c2C)S(C)(=O)=O)[C@@H](C)C(=O)NC2CCCCC2)c1. The van der Waals surface area contributed by atoms with E-state index in [1.54, 1.807) is 51.3 Å². The van der Waals surface area contributed by atoms with E-state index < -0.39 is 28.5 Å². The van der Waals surface area contributed by atoms with Crippen LogP contribution in [0.4, 0.5) is 5.69 Å². The zero-order valence-electron chi connectivity index (χ0n) is 21.9. The quantitative estimate of drug-likeness (QED) is 0.477. The molecule has 1 atom stereocenters. The van der Waals surface area contributed by atoms with Crippen LogP contribution in [0.3, 0.4) is 0 Å². The lowest BCUT2D eigenvalue weighted by Crippen LogP contribution is -2.53. The molecule has 1 aliphatic carbocycles. The lowest BCUT2D eigenvalue weighted by Gasteiger charge is -2.33. The standard InChI is InChI=1S/C27H36ClN3O5S/c1-19-24(28)14-9-15-25(19)31(37(4,34)35)18-26(32)30(17-21-10-8-13-23(16-21)36-3)20(2)27(33)29-22-11-6-5-7-12-22/h8-10,13-16,20,22H,5-7,11-12,17-18H2,1-4H3,(H,29,33)/t20-/m0/s1. The third-order valence-electron chi connectivity index (χ3n) is 6.79. The highest BCUT2D eigenvalue weighted by Crippen LogP contribution is 2.28. The third kappa shape index (κ3) is 7.61. The van der Waals surface area contributed by atoms with E-state index in [0.717, 1.165) is 48.2 Å². The van der Waals surface area contributed by atoms with E-state index in [9.17, 15) is 18.0 Å². The molecule has 10 heteroatoms. The van der Waals surface area contributed by atoms with Gasteiger partial charge < -0.3 is 15.0 Å². The van der Waals surface area contributed by atoms with Crippen molar-refractivity contribution in [3.63, 3.8) is 0 Å². The number of sulfonamides is 1. The largest absolute Gasteiger partial charge is 0.497 e. The molecule has 8 nitrogen and oxygen atoms in total. The maximum Gasteiger partial charge on any atom is 0.244 e. The van der Waals surface area contributed by atoms with Crippen LogP contribution in [0.25, 0.3) is 0 Å². The minimum atomic E-state index is -3.83. The number of methoxy groups -OCH3 is 1. The number of carbonyl (C=O) groups excluding carboxylic acids is 2. The second kappa shape index (κ2) is 12.6. The number of hydrogen-bond donors (Lipinski definition) is 1. The Balaban J connectivity index is 1.91. The summed E-state index contributed by atoms with van der Waals surface area (Å²) < 4.78 is 31.9. The van der Waals surface area contributed by atoms with E-state index in [0.29, 0.717) is 22.0 Å². The Morgan fingerprint density at radius 3 is 2.46 bits per heavy atom. The summed E-state index contributed by atoms with van der Waals surface area (Å²) in [5.74, 6) is -0.136. The van der Waals surface area contributed by atoms with Crippen LogP contribution < -0.4 is 14.4 Å². The highest BCUT2D eigenvalue weighted by Gasteiger charge is 2.31. The molecule has 0 radical (unpaired) electrons. The minimum absolute atomic E-state index is 0.0825. The number of amides is 2. The molecule has 0 bridgehead atoms. The topological polar surface area (TPSA) is 96.0 Å². The van der Waals surface area contributed by atoms with Crippen molar-refractivity contribution in [1.82, 2.24) is 10.2 Å². The maximum atomic E-state index is 13.7. The summed E-state index contributed by atoms with van der Waals surface area (Å²) in [5, 5.41) is 3.48. The molecule has 2 amide bonds.